The lowest BCUT2D eigenvalue weighted by atomic mass is 10.1. The van der Waals surface area contributed by atoms with Crippen LogP contribution in [0.25, 0.3) is 0 Å². The number of benzene rings is 2. The predicted octanol–water partition coefficient (Wildman–Crippen LogP) is 3.84. The molecule has 0 aliphatic carbocycles. The molecule has 1 amide bonds. The van der Waals surface area contributed by atoms with E-state index in [1.807, 2.05) is 62.5 Å². The Morgan fingerprint density at radius 3 is 2.50 bits per heavy atom. The number of carbonyl (C=O) groups is 1. The van der Waals surface area contributed by atoms with Gasteiger partial charge in [-0.25, -0.2) is 0 Å². The number of para-hydroxylation sites is 1. The van der Waals surface area contributed by atoms with E-state index in [4.69, 9.17) is 4.74 Å². The number of ether oxygens (including phenoxy) is 1. The zero-order chi connectivity index (χ0) is 15.9. The van der Waals surface area contributed by atoms with E-state index in [-0.39, 0.29) is 5.91 Å². The van der Waals surface area contributed by atoms with Gasteiger partial charge in [0.1, 0.15) is 12.4 Å². The van der Waals surface area contributed by atoms with Crippen LogP contribution in [0.15, 0.2) is 53.0 Å². The minimum Gasteiger partial charge on any atom is -0.491 e. The van der Waals surface area contributed by atoms with Crippen LogP contribution in [0.3, 0.4) is 0 Å². The highest BCUT2D eigenvalue weighted by molar-refractivity contribution is 9.10. The van der Waals surface area contributed by atoms with Crippen molar-refractivity contribution in [3.63, 3.8) is 0 Å². The van der Waals surface area contributed by atoms with Crippen molar-refractivity contribution < 1.29 is 9.53 Å². The van der Waals surface area contributed by atoms with E-state index in [2.05, 4.69) is 15.9 Å². The van der Waals surface area contributed by atoms with Gasteiger partial charge in [0.25, 0.3) is 0 Å². The van der Waals surface area contributed by atoms with Crippen LogP contribution < -0.4 is 4.74 Å². The average molecular weight is 362 g/mol. The zero-order valence-corrected chi connectivity index (χ0v) is 14.5. The molecule has 0 saturated heterocycles. The summed E-state index contributed by atoms with van der Waals surface area (Å²) in [6.45, 7) is 3.08. The van der Waals surface area contributed by atoms with Gasteiger partial charge in [-0.3, -0.25) is 4.79 Å². The molecule has 2 aromatic carbocycles. The predicted molar refractivity (Wildman–Crippen MR) is 92.2 cm³/mol. The summed E-state index contributed by atoms with van der Waals surface area (Å²) in [7, 11) is 1.81. The number of hydrogen-bond donors (Lipinski definition) is 0. The van der Waals surface area contributed by atoms with E-state index in [1.165, 1.54) is 0 Å². The fourth-order valence-electron chi connectivity index (χ4n) is 2.05. The molecule has 0 aliphatic heterocycles. The molecular formula is C18H20BrNO2. The lowest BCUT2D eigenvalue weighted by Crippen LogP contribution is -2.32. The summed E-state index contributed by atoms with van der Waals surface area (Å²) < 4.78 is 6.74. The molecule has 0 bridgehead atoms. The molecule has 22 heavy (non-hydrogen) atoms. The molecule has 2 rings (SSSR count). The number of likely N-dealkylation sites (N-methyl/N-ethyl adjacent to an activating group) is 1. The highest BCUT2D eigenvalue weighted by atomic mass is 79.9. The van der Waals surface area contributed by atoms with Crippen molar-refractivity contribution in [3.8, 4) is 5.75 Å². The second kappa shape index (κ2) is 7.99. The first kappa shape index (κ1) is 16.6. The van der Waals surface area contributed by atoms with Crippen molar-refractivity contribution in [1.29, 1.82) is 0 Å². The molecule has 0 radical (unpaired) electrons. The summed E-state index contributed by atoms with van der Waals surface area (Å²) in [4.78, 5) is 13.9. The molecule has 0 aliphatic rings. The van der Waals surface area contributed by atoms with E-state index < -0.39 is 0 Å². The first-order valence-electron chi connectivity index (χ1n) is 7.23. The Balaban J connectivity index is 1.79. The third-order valence-corrected chi connectivity index (χ3v) is 4.00. The first-order valence-corrected chi connectivity index (χ1v) is 8.02. The summed E-state index contributed by atoms with van der Waals surface area (Å²) in [5.41, 5.74) is 2.12. The van der Waals surface area contributed by atoms with Crippen molar-refractivity contribution in [2.45, 2.75) is 13.3 Å². The molecule has 0 saturated carbocycles. The quantitative estimate of drug-likeness (QED) is 0.782. The topological polar surface area (TPSA) is 29.5 Å². The molecule has 0 spiro atoms. The van der Waals surface area contributed by atoms with E-state index in [9.17, 15) is 4.79 Å². The van der Waals surface area contributed by atoms with Crippen LogP contribution in [0.2, 0.25) is 0 Å². The Morgan fingerprint density at radius 2 is 1.82 bits per heavy atom. The largest absolute Gasteiger partial charge is 0.491 e. The van der Waals surface area contributed by atoms with Crippen molar-refractivity contribution >= 4 is 21.8 Å². The molecule has 0 heterocycles. The molecule has 116 valence electrons. The fourth-order valence-corrected chi connectivity index (χ4v) is 2.31. The number of aryl methyl sites for hydroxylation is 1. The van der Waals surface area contributed by atoms with Crippen LogP contribution >= 0.6 is 15.9 Å². The van der Waals surface area contributed by atoms with E-state index in [1.54, 1.807) is 4.90 Å². The number of amides is 1. The van der Waals surface area contributed by atoms with Gasteiger partial charge in [-0.1, -0.05) is 46.3 Å². The van der Waals surface area contributed by atoms with Crippen LogP contribution in [0.4, 0.5) is 0 Å². The molecular weight excluding hydrogens is 342 g/mol. The summed E-state index contributed by atoms with van der Waals surface area (Å²) in [6, 6.07) is 15.7. The Labute approximate surface area is 140 Å². The van der Waals surface area contributed by atoms with E-state index in [0.29, 0.717) is 19.6 Å². The third-order valence-electron chi connectivity index (χ3n) is 3.47. The van der Waals surface area contributed by atoms with E-state index in [0.717, 1.165) is 21.3 Å². The summed E-state index contributed by atoms with van der Waals surface area (Å²) in [6.07, 6.45) is 0.411. The van der Waals surface area contributed by atoms with Gasteiger partial charge in [-0.15, -0.1) is 0 Å². The van der Waals surface area contributed by atoms with Crippen molar-refractivity contribution in [3.05, 3.63) is 64.1 Å². The van der Waals surface area contributed by atoms with Crippen molar-refractivity contribution in [2.24, 2.45) is 0 Å². The molecule has 0 atom stereocenters. The molecule has 0 unspecified atom stereocenters. The van der Waals surface area contributed by atoms with Crippen LogP contribution in [-0.2, 0) is 11.2 Å². The highest BCUT2D eigenvalue weighted by Crippen LogP contribution is 2.16. The monoisotopic (exact) mass is 361 g/mol. The van der Waals surface area contributed by atoms with Gasteiger partial charge < -0.3 is 9.64 Å². The summed E-state index contributed by atoms with van der Waals surface area (Å²) in [5, 5.41) is 0. The second-order valence-electron chi connectivity index (χ2n) is 5.23. The molecule has 4 heteroatoms. The van der Waals surface area contributed by atoms with Crippen LogP contribution in [-0.4, -0.2) is 31.0 Å². The zero-order valence-electron chi connectivity index (χ0n) is 12.9. The molecule has 0 aromatic heterocycles. The lowest BCUT2D eigenvalue weighted by molar-refractivity contribution is -0.129. The molecule has 3 nitrogen and oxygen atoms in total. The standard InChI is InChI=1S/C18H20BrNO2/c1-14-5-3-4-6-17(14)22-12-11-20(2)18(21)13-15-7-9-16(19)10-8-15/h3-10H,11-13H2,1-2H3. The van der Waals surface area contributed by atoms with Gasteiger partial charge in [0, 0.05) is 11.5 Å². The summed E-state index contributed by atoms with van der Waals surface area (Å²) in [5.74, 6) is 0.965. The Morgan fingerprint density at radius 1 is 1.14 bits per heavy atom. The maximum absolute atomic E-state index is 12.2. The van der Waals surface area contributed by atoms with Gasteiger partial charge >= 0.3 is 0 Å². The highest BCUT2D eigenvalue weighted by Gasteiger charge is 2.10. The first-order chi connectivity index (χ1) is 10.6. The average Bonchev–Trinajstić information content (AvgIpc) is 2.51. The SMILES string of the molecule is Cc1ccccc1OCCN(C)C(=O)Cc1ccc(Br)cc1. The van der Waals surface area contributed by atoms with Gasteiger partial charge in [0.15, 0.2) is 0 Å². The minimum absolute atomic E-state index is 0.0932. The minimum atomic E-state index is 0.0932. The maximum Gasteiger partial charge on any atom is 0.226 e. The fraction of sp³-hybridized carbons (Fsp3) is 0.278. The van der Waals surface area contributed by atoms with Crippen molar-refractivity contribution in [1.82, 2.24) is 4.90 Å². The van der Waals surface area contributed by atoms with Crippen LogP contribution in [0.1, 0.15) is 11.1 Å². The summed E-state index contributed by atoms with van der Waals surface area (Å²) >= 11 is 3.39. The Hall–Kier alpha value is -1.81. The Kier molecular flexibility index (Phi) is 6.01. The molecule has 0 fully saturated rings. The molecule has 0 N–H and O–H groups in total. The van der Waals surface area contributed by atoms with E-state index >= 15 is 0 Å². The molecule has 2 aromatic rings. The smallest absolute Gasteiger partial charge is 0.226 e. The van der Waals surface area contributed by atoms with Gasteiger partial charge in [0.2, 0.25) is 5.91 Å². The maximum atomic E-state index is 12.2. The number of nitrogens with zero attached hydrogens (tertiary/aromatic N) is 1. The van der Waals surface area contributed by atoms with Crippen molar-refractivity contribution in [2.75, 3.05) is 20.2 Å². The second-order valence-corrected chi connectivity index (χ2v) is 6.15. The lowest BCUT2D eigenvalue weighted by Gasteiger charge is -2.18. The number of halogens is 1. The van der Waals surface area contributed by atoms with Gasteiger partial charge in [-0.05, 0) is 36.2 Å². The normalized spacial score (nSPS) is 10.3. The van der Waals surface area contributed by atoms with Gasteiger partial charge in [0.05, 0.1) is 13.0 Å². The number of rotatable bonds is 6. The number of hydrogen-bond acceptors (Lipinski definition) is 2. The Bertz CT molecular complexity index is 625. The van der Waals surface area contributed by atoms with Crippen LogP contribution in [0, 0.1) is 6.92 Å². The van der Waals surface area contributed by atoms with Gasteiger partial charge in [-0.2, -0.15) is 0 Å². The third kappa shape index (κ3) is 4.88. The number of carbonyl (C=O) groups excluding carboxylic acids is 1. The van der Waals surface area contributed by atoms with Crippen LogP contribution in [0.5, 0.6) is 5.75 Å².